The Morgan fingerprint density at radius 3 is 2.37 bits per heavy atom. The van der Waals surface area contributed by atoms with Gasteiger partial charge in [-0.2, -0.15) is 27.8 Å². The predicted octanol–water partition coefficient (Wildman–Crippen LogP) is 1.43. The Kier molecular flexibility index (Phi) is 4.81. The van der Waals surface area contributed by atoms with E-state index in [-0.39, 0.29) is 5.69 Å². The molecule has 160 valence electrons. The first-order valence-electron chi connectivity index (χ1n) is 8.95. The highest BCUT2D eigenvalue weighted by molar-refractivity contribution is 7.89. The second-order valence-electron chi connectivity index (χ2n) is 6.92. The number of hydrogen-bond donors (Lipinski definition) is 1. The third-order valence-corrected chi connectivity index (χ3v) is 5.87. The Labute approximate surface area is 170 Å². The number of hydrogen-bond acceptors (Lipinski definition) is 7. The van der Waals surface area contributed by atoms with E-state index in [9.17, 15) is 21.6 Å². The largest absolute Gasteiger partial charge is 0.417 e. The Bertz CT molecular complexity index is 1200. The van der Waals surface area contributed by atoms with Crippen molar-refractivity contribution in [3.8, 4) is 0 Å². The van der Waals surface area contributed by atoms with Crippen LogP contribution in [0.1, 0.15) is 11.3 Å². The molecule has 0 unspecified atom stereocenters. The van der Waals surface area contributed by atoms with E-state index < -0.39 is 26.7 Å². The number of nitrogens with two attached hydrogens (primary N) is 1. The molecular formula is C17H18F3N7O2S. The number of anilines is 2. The Balaban J connectivity index is 1.59. The van der Waals surface area contributed by atoms with Crippen LogP contribution >= 0.6 is 0 Å². The number of alkyl halides is 3. The zero-order valence-corrected chi connectivity index (χ0v) is 16.7. The first kappa shape index (κ1) is 20.3. The summed E-state index contributed by atoms with van der Waals surface area (Å²) in [5.74, 6) is 1.27. The van der Waals surface area contributed by atoms with Crippen molar-refractivity contribution in [2.24, 2.45) is 5.14 Å². The minimum absolute atomic E-state index is 0.284. The number of benzene rings is 1. The molecule has 1 aromatic carbocycles. The van der Waals surface area contributed by atoms with Gasteiger partial charge in [-0.3, -0.25) is 0 Å². The number of nitrogens with zero attached hydrogens (tertiary/aromatic N) is 6. The third kappa shape index (κ3) is 3.77. The van der Waals surface area contributed by atoms with E-state index >= 15 is 0 Å². The van der Waals surface area contributed by atoms with Gasteiger partial charge in [-0.25, -0.2) is 18.5 Å². The molecule has 4 rings (SSSR count). The highest BCUT2D eigenvalue weighted by Crippen LogP contribution is 2.36. The van der Waals surface area contributed by atoms with Crippen LogP contribution in [0.3, 0.4) is 0 Å². The fourth-order valence-electron chi connectivity index (χ4n) is 3.51. The number of rotatable bonds is 3. The lowest BCUT2D eigenvalue weighted by Crippen LogP contribution is -2.47. The van der Waals surface area contributed by atoms with Crippen molar-refractivity contribution in [2.75, 3.05) is 36.0 Å². The van der Waals surface area contributed by atoms with Gasteiger partial charge in [-0.15, -0.1) is 0 Å². The van der Waals surface area contributed by atoms with Gasteiger partial charge in [0, 0.05) is 43.6 Å². The van der Waals surface area contributed by atoms with Gasteiger partial charge in [0.1, 0.15) is 12.1 Å². The molecule has 0 radical (unpaired) electrons. The number of fused-ring (bicyclic) bond motifs is 1. The van der Waals surface area contributed by atoms with E-state index in [1.54, 1.807) is 9.42 Å². The highest BCUT2D eigenvalue weighted by Gasteiger charge is 2.37. The summed E-state index contributed by atoms with van der Waals surface area (Å²) in [6.45, 7) is 3.76. The molecule has 9 nitrogen and oxygen atoms in total. The molecule has 13 heteroatoms. The van der Waals surface area contributed by atoms with Crippen molar-refractivity contribution in [3.05, 3.63) is 41.9 Å². The van der Waals surface area contributed by atoms with Gasteiger partial charge < -0.3 is 9.80 Å². The first-order chi connectivity index (χ1) is 14.0. The van der Waals surface area contributed by atoms with E-state index in [1.807, 2.05) is 13.0 Å². The van der Waals surface area contributed by atoms with Crippen molar-refractivity contribution in [1.82, 2.24) is 19.6 Å². The Morgan fingerprint density at radius 1 is 1.07 bits per heavy atom. The molecule has 3 heterocycles. The van der Waals surface area contributed by atoms with Gasteiger partial charge >= 0.3 is 6.18 Å². The molecule has 0 bridgehead atoms. The number of aryl methyl sites for hydroxylation is 1. The maximum absolute atomic E-state index is 13.4. The van der Waals surface area contributed by atoms with Crippen LogP contribution in [0, 0.1) is 6.92 Å². The van der Waals surface area contributed by atoms with E-state index in [2.05, 4.69) is 20.0 Å². The molecule has 30 heavy (non-hydrogen) atoms. The zero-order valence-electron chi connectivity index (χ0n) is 15.8. The lowest BCUT2D eigenvalue weighted by molar-refractivity contribution is -0.139. The lowest BCUT2D eigenvalue weighted by atomic mass is 10.1. The summed E-state index contributed by atoms with van der Waals surface area (Å²) in [7, 11) is -4.50. The van der Waals surface area contributed by atoms with Crippen LogP contribution in [0.4, 0.5) is 24.7 Å². The maximum Gasteiger partial charge on any atom is 0.417 e. The normalized spacial score (nSPS) is 15.8. The van der Waals surface area contributed by atoms with Crippen LogP contribution in [-0.4, -0.2) is 54.2 Å². The van der Waals surface area contributed by atoms with Crippen molar-refractivity contribution in [3.63, 3.8) is 0 Å². The molecule has 2 aromatic heterocycles. The first-order valence-corrected chi connectivity index (χ1v) is 10.5. The Morgan fingerprint density at radius 2 is 1.73 bits per heavy atom. The van der Waals surface area contributed by atoms with Crippen LogP contribution in [-0.2, 0) is 16.2 Å². The summed E-state index contributed by atoms with van der Waals surface area (Å²) < 4.78 is 64.9. The van der Waals surface area contributed by atoms with Crippen LogP contribution < -0.4 is 14.9 Å². The molecule has 3 aromatic rings. The SMILES string of the molecule is Cc1cc(N2CCN(c3ccc(S(N)(=O)=O)c(C(F)(F)F)c3)CC2)n2ncnc2n1. The Hall–Kier alpha value is -2.93. The van der Waals surface area contributed by atoms with Gasteiger partial charge in [-0.1, -0.05) is 0 Å². The molecule has 1 aliphatic heterocycles. The number of aromatic nitrogens is 4. The fourth-order valence-corrected chi connectivity index (χ4v) is 4.25. The number of halogens is 3. The lowest BCUT2D eigenvalue weighted by Gasteiger charge is -2.37. The van der Waals surface area contributed by atoms with Crippen LogP contribution in [0.2, 0.25) is 0 Å². The van der Waals surface area contributed by atoms with Crippen LogP contribution in [0.15, 0.2) is 35.5 Å². The van der Waals surface area contributed by atoms with E-state index in [0.29, 0.717) is 32.0 Å². The zero-order chi connectivity index (χ0) is 21.7. The van der Waals surface area contributed by atoms with Gasteiger partial charge in [0.25, 0.3) is 5.78 Å². The summed E-state index contributed by atoms with van der Waals surface area (Å²) in [6, 6.07) is 4.96. The van der Waals surface area contributed by atoms with E-state index in [1.165, 1.54) is 12.4 Å². The van der Waals surface area contributed by atoms with Gasteiger partial charge in [-0.05, 0) is 25.1 Å². The standard InChI is InChI=1S/C17H18F3N7O2S/c1-11-8-15(27-16(24-11)22-10-23-27)26-6-4-25(5-7-26)12-2-3-14(30(21,28)29)13(9-12)17(18,19)20/h2-3,8-10H,4-7H2,1H3,(H2,21,28,29). The molecule has 0 amide bonds. The monoisotopic (exact) mass is 441 g/mol. The minimum atomic E-state index is -4.84. The molecular weight excluding hydrogens is 423 g/mol. The van der Waals surface area contributed by atoms with Crippen LogP contribution in [0.25, 0.3) is 5.78 Å². The second kappa shape index (κ2) is 7.09. The smallest absolute Gasteiger partial charge is 0.368 e. The number of piperazine rings is 1. The average Bonchev–Trinajstić information content (AvgIpc) is 3.14. The highest BCUT2D eigenvalue weighted by atomic mass is 32.2. The van der Waals surface area contributed by atoms with E-state index in [0.717, 1.165) is 23.6 Å². The van der Waals surface area contributed by atoms with Crippen LogP contribution in [0.5, 0.6) is 0 Å². The summed E-state index contributed by atoms with van der Waals surface area (Å²) in [5.41, 5.74) is -0.202. The van der Waals surface area contributed by atoms with Gasteiger partial charge in [0.05, 0.1) is 10.5 Å². The molecule has 0 atom stereocenters. The van der Waals surface area contributed by atoms with Crippen molar-refractivity contribution >= 4 is 27.3 Å². The predicted molar refractivity (Wildman–Crippen MR) is 103 cm³/mol. The molecule has 2 N–H and O–H groups in total. The third-order valence-electron chi connectivity index (χ3n) is 4.90. The molecule has 0 aliphatic carbocycles. The quantitative estimate of drug-likeness (QED) is 0.655. The topological polar surface area (TPSA) is 110 Å². The number of sulfonamides is 1. The summed E-state index contributed by atoms with van der Waals surface area (Å²) in [5, 5.41) is 9.13. The molecule has 1 aliphatic rings. The van der Waals surface area contributed by atoms with Crippen molar-refractivity contribution in [1.29, 1.82) is 0 Å². The van der Waals surface area contributed by atoms with E-state index in [4.69, 9.17) is 5.14 Å². The second-order valence-corrected chi connectivity index (χ2v) is 8.45. The molecule has 0 spiro atoms. The summed E-state index contributed by atoms with van der Waals surface area (Å²) >= 11 is 0. The van der Waals surface area contributed by atoms with Gasteiger partial charge in [0.15, 0.2) is 0 Å². The summed E-state index contributed by atoms with van der Waals surface area (Å²) in [4.78, 5) is 11.3. The van der Waals surface area contributed by atoms with Gasteiger partial charge in [0.2, 0.25) is 10.0 Å². The average molecular weight is 441 g/mol. The molecule has 0 saturated carbocycles. The molecule has 1 saturated heterocycles. The van der Waals surface area contributed by atoms with Crippen molar-refractivity contribution in [2.45, 2.75) is 18.0 Å². The maximum atomic E-state index is 13.4. The number of primary sulfonamides is 1. The summed E-state index contributed by atoms with van der Waals surface area (Å²) in [6.07, 6.45) is -3.43. The van der Waals surface area contributed by atoms with Crippen molar-refractivity contribution < 1.29 is 21.6 Å². The minimum Gasteiger partial charge on any atom is -0.368 e. The fraction of sp³-hybridized carbons (Fsp3) is 0.353. The molecule has 1 fully saturated rings.